The van der Waals surface area contributed by atoms with Crippen LogP contribution < -0.4 is 16.4 Å². The number of carboxylic acids is 1. The number of fused-ring (bicyclic) bond motifs is 1. The third kappa shape index (κ3) is 6.59. The summed E-state index contributed by atoms with van der Waals surface area (Å²) in [5, 5.41) is 36.9. The molecule has 0 unspecified atom stereocenters. The number of carbonyl (C=O) groups is 4. The number of tetrazole rings is 1. The summed E-state index contributed by atoms with van der Waals surface area (Å²) in [6.07, 6.45) is 0. The average molecular weight is 695 g/mol. The molecule has 0 saturated carbocycles. The van der Waals surface area contributed by atoms with E-state index >= 15 is 0 Å². The lowest BCUT2D eigenvalue weighted by Crippen LogP contribution is -2.71. The van der Waals surface area contributed by atoms with Crippen LogP contribution in [0.3, 0.4) is 0 Å². The van der Waals surface area contributed by atoms with E-state index < -0.39 is 35.1 Å². The minimum absolute atomic E-state index is 0.0430. The third-order valence-electron chi connectivity index (χ3n) is 6.02. The van der Waals surface area contributed by atoms with Crippen LogP contribution in [0.25, 0.3) is 0 Å². The van der Waals surface area contributed by atoms with E-state index in [9.17, 15) is 24.3 Å². The number of nitrogens with zero attached hydrogens (tertiary/aromatic N) is 9. The normalized spacial score (nSPS) is 18.3. The highest BCUT2D eigenvalue weighted by Gasteiger charge is 2.54. The Kier molecular flexibility index (Phi) is 9.60. The number of aromatic nitrogens is 6. The standard InChI is InChI=1S/C22H22N12O7S4/c1-33-22(28-31-32-33)45-5-8-4-42-18-13(17(37)34(18)14(8)19(38)39)26-15(35)12(30-41-3)10-7-44-21(25-10)27-16(36)11(29-40-2)9-6-43-20(23)24-9/h6-7,13,18H,4-5H2,1-3H3,(H2,23,24)(H,26,35)(H,38,39)(H,25,27,36)/b29-11-,30-12+/t13-,18-/m0/s1. The number of thioether (sulfide) groups is 2. The van der Waals surface area contributed by atoms with E-state index in [1.165, 1.54) is 53.2 Å². The van der Waals surface area contributed by atoms with Crippen molar-refractivity contribution in [2.45, 2.75) is 16.6 Å². The Labute approximate surface area is 269 Å². The zero-order valence-electron chi connectivity index (χ0n) is 23.4. The van der Waals surface area contributed by atoms with Gasteiger partial charge in [-0.3, -0.25) is 24.6 Å². The highest BCUT2D eigenvalue weighted by molar-refractivity contribution is 8.01. The summed E-state index contributed by atoms with van der Waals surface area (Å²) < 4.78 is 1.45. The second kappa shape index (κ2) is 13.6. The first kappa shape index (κ1) is 31.8. The van der Waals surface area contributed by atoms with E-state index in [-0.39, 0.29) is 44.5 Å². The minimum Gasteiger partial charge on any atom is -0.477 e. The Morgan fingerprint density at radius 1 is 1.13 bits per heavy atom. The number of thiazole rings is 2. The molecule has 0 aliphatic carbocycles. The number of anilines is 2. The Morgan fingerprint density at radius 3 is 2.44 bits per heavy atom. The van der Waals surface area contributed by atoms with Gasteiger partial charge in [0.15, 0.2) is 21.7 Å². The number of hydrogen-bond donors (Lipinski definition) is 4. The summed E-state index contributed by atoms with van der Waals surface area (Å²) in [4.78, 5) is 70.5. The first-order chi connectivity index (χ1) is 21.6. The average Bonchev–Trinajstić information content (AvgIpc) is 3.76. The first-order valence-corrected chi connectivity index (χ1v) is 16.2. The van der Waals surface area contributed by atoms with Gasteiger partial charge in [-0.1, -0.05) is 22.1 Å². The minimum atomic E-state index is -1.26. The molecule has 5 rings (SSSR count). The molecule has 2 atom stereocenters. The number of nitrogen functional groups attached to an aromatic ring is 1. The Balaban J connectivity index is 1.27. The quantitative estimate of drug-likeness (QED) is 0.0812. The van der Waals surface area contributed by atoms with Crippen LogP contribution in [0, 0.1) is 0 Å². The number of hydrogen-bond acceptors (Lipinski definition) is 18. The van der Waals surface area contributed by atoms with Crippen molar-refractivity contribution in [1.29, 1.82) is 0 Å². The van der Waals surface area contributed by atoms with E-state index in [1.807, 2.05) is 0 Å². The van der Waals surface area contributed by atoms with E-state index in [2.05, 4.69) is 46.4 Å². The molecule has 1 saturated heterocycles. The number of nitrogens with one attached hydrogen (secondary N) is 2. The molecule has 0 radical (unpaired) electrons. The largest absolute Gasteiger partial charge is 0.477 e. The van der Waals surface area contributed by atoms with Crippen molar-refractivity contribution in [1.82, 2.24) is 40.4 Å². The van der Waals surface area contributed by atoms with Gasteiger partial charge in [0.2, 0.25) is 5.16 Å². The van der Waals surface area contributed by atoms with Gasteiger partial charge in [-0.05, 0) is 16.0 Å². The van der Waals surface area contributed by atoms with Crippen LogP contribution in [-0.2, 0) is 35.9 Å². The monoisotopic (exact) mass is 694 g/mol. The van der Waals surface area contributed by atoms with Gasteiger partial charge >= 0.3 is 5.97 Å². The van der Waals surface area contributed by atoms with Gasteiger partial charge in [0, 0.05) is 29.3 Å². The van der Waals surface area contributed by atoms with Crippen molar-refractivity contribution in [3.63, 3.8) is 0 Å². The summed E-state index contributed by atoms with van der Waals surface area (Å²) in [7, 11) is 4.15. The number of rotatable bonds is 12. The van der Waals surface area contributed by atoms with Gasteiger partial charge < -0.3 is 25.8 Å². The number of aryl methyl sites for hydroxylation is 1. The first-order valence-electron chi connectivity index (χ1n) is 12.4. The number of carboxylic acid groups (broad SMARTS) is 1. The van der Waals surface area contributed by atoms with Gasteiger partial charge in [-0.2, -0.15) is 0 Å². The van der Waals surface area contributed by atoms with E-state index in [4.69, 9.17) is 15.4 Å². The molecule has 0 spiro atoms. The Morgan fingerprint density at radius 2 is 1.82 bits per heavy atom. The van der Waals surface area contributed by atoms with Gasteiger partial charge in [0.05, 0.1) is 0 Å². The molecule has 1 fully saturated rings. The molecule has 2 aliphatic rings. The molecule has 23 heteroatoms. The van der Waals surface area contributed by atoms with Crippen molar-refractivity contribution in [2.24, 2.45) is 17.4 Å². The predicted octanol–water partition coefficient (Wildman–Crippen LogP) is -0.424. The highest BCUT2D eigenvalue weighted by Crippen LogP contribution is 2.41. The van der Waals surface area contributed by atoms with E-state index in [1.54, 1.807) is 7.05 Å². The van der Waals surface area contributed by atoms with Gasteiger partial charge in [0.25, 0.3) is 17.7 Å². The lowest BCUT2D eigenvalue weighted by Gasteiger charge is -2.49. The summed E-state index contributed by atoms with van der Waals surface area (Å²) in [5.41, 5.74) is 5.86. The molecular formula is C22H22N12O7S4. The molecule has 0 aromatic carbocycles. The number of carbonyl (C=O) groups excluding carboxylic acids is 3. The van der Waals surface area contributed by atoms with Crippen molar-refractivity contribution < 1.29 is 34.0 Å². The summed E-state index contributed by atoms with van der Waals surface area (Å²) in [6.45, 7) is 0. The third-order valence-corrected chi connectivity index (χ3v) is 9.89. The maximum atomic E-state index is 13.3. The van der Waals surface area contributed by atoms with Crippen molar-refractivity contribution in [3.05, 3.63) is 33.4 Å². The fourth-order valence-corrected chi connectivity index (χ4v) is 7.66. The molecule has 3 amide bonds. The van der Waals surface area contributed by atoms with Crippen LogP contribution in [0.4, 0.5) is 10.3 Å². The SMILES string of the molecule is CO/N=C(\C(=O)Nc1nc(/C(=N\OC)C(=O)N[C@H]2C(=O)N3C(C(=O)O)=C(CSc4nnnn4C)CS[C@@H]23)cs1)c1csc(N)n1. The second-order valence-corrected chi connectivity index (χ2v) is 12.6. The molecule has 5 heterocycles. The van der Waals surface area contributed by atoms with E-state index in [0.717, 1.165) is 27.6 Å². The molecule has 19 nitrogen and oxygen atoms in total. The fourth-order valence-electron chi connectivity index (χ4n) is 4.08. The van der Waals surface area contributed by atoms with Crippen LogP contribution in [-0.4, -0.2) is 112 Å². The van der Waals surface area contributed by atoms with Gasteiger partial charge in [0.1, 0.15) is 42.7 Å². The van der Waals surface area contributed by atoms with Gasteiger partial charge in [-0.15, -0.1) is 39.5 Å². The molecule has 5 N–H and O–H groups in total. The predicted molar refractivity (Wildman–Crippen MR) is 164 cm³/mol. The van der Waals surface area contributed by atoms with Crippen molar-refractivity contribution >= 4 is 91.6 Å². The van der Waals surface area contributed by atoms with E-state index in [0.29, 0.717) is 16.5 Å². The lowest BCUT2D eigenvalue weighted by molar-refractivity contribution is -0.150. The number of oxime groups is 2. The van der Waals surface area contributed by atoms with Crippen LogP contribution in [0.2, 0.25) is 0 Å². The van der Waals surface area contributed by atoms with Gasteiger partial charge in [-0.25, -0.2) is 19.4 Å². The second-order valence-electron chi connectivity index (χ2n) is 8.80. The van der Waals surface area contributed by atoms with Crippen molar-refractivity contribution in [3.8, 4) is 0 Å². The summed E-state index contributed by atoms with van der Waals surface area (Å²) in [5.74, 6) is -2.80. The van der Waals surface area contributed by atoms with Crippen LogP contribution in [0.1, 0.15) is 11.4 Å². The van der Waals surface area contributed by atoms with Crippen LogP contribution in [0.15, 0.2) is 37.5 Å². The molecule has 45 heavy (non-hydrogen) atoms. The van der Waals surface area contributed by atoms with Crippen LogP contribution in [0.5, 0.6) is 0 Å². The zero-order valence-corrected chi connectivity index (χ0v) is 26.6. The number of nitrogens with two attached hydrogens (primary N) is 1. The Hall–Kier alpha value is -4.61. The molecular weight excluding hydrogens is 673 g/mol. The molecule has 0 bridgehead atoms. The number of β-lactam (4-membered cyclic amide) rings is 1. The molecule has 2 aliphatic heterocycles. The topological polar surface area (TPSA) is 254 Å². The molecule has 236 valence electrons. The Bertz CT molecular complexity index is 1750. The molecule has 3 aromatic rings. The maximum Gasteiger partial charge on any atom is 0.352 e. The highest BCUT2D eigenvalue weighted by atomic mass is 32.2. The maximum absolute atomic E-state index is 13.3. The fraction of sp³-hybridized carbons (Fsp3) is 0.318. The summed E-state index contributed by atoms with van der Waals surface area (Å²) >= 11 is 4.65. The lowest BCUT2D eigenvalue weighted by atomic mass is 10.0. The van der Waals surface area contributed by atoms with Crippen LogP contribution >= 0.6 is 46.2 Å². The van der Waals surface area contributed by atoms with Crippen molar-refractivity contribution in [2.75, 3.05) is 36.8 Å². The number of amides is 3. The molecule has 3 aromatic heterocycles. The zero-order chi connectivity index (χ0) is 32.2. The smallest absolute Gasteiger partial charge is 0.352 e. The summed E-state index contributed by atoms with van der Waals surface area (Å²) in [6, 6.07) is -1.03. The number of aliphatic carboxylic acids is 1.